The average Bonchev–Trinajstić information content (AvgIpc) is 2.63. The van der Waals surface area contributed by atoms with Gasteiger partial charge in [0, 0.05) is 6.07 Å². The number of hydrogen-bond acceptors (Lipinski definition) is 4. The molecular weight excluding hydrogens is 354 g/mol. The Labute approximate surface area is 154 Å². The summed E-state index contributed by atoms with van der Waals surface area (Å²) in [6.45, 7) is 3.17. The minimum Gasteiger partial charge on any atom is -0.448 e. The van der Waals surface area contributed by atoms with Crippen LogP contribution in [0.2, 0.25) is 0 Å². The summed E-state index contributed by atoms with van der Waals surface area (Å²) in [5.41, 5.74) is 1.11. The number of nitriles is 1. The van der Waals surface area contributed by atoms with E-state index in [-0.39, 0.29) is 11.3 Å². The molecule has 138 valence electrons. The summed E-state index contributed by atoms with van der Waals surface area (Å²) in [5, 5.41) is 11.4. The van der Waals surface area contributed by atoms with E-state index in [1.807, 2.05) is 19.1 Å². The minimum absolute atomic E-state index is 0.250. The van der Waals surface area contributed by atoms with Crippen LogP contribution in [-0.4, -0.2) is 18.0 Å². The molecule has 0 bridgehead atoms. The van der Waals surface area contributed by atoms with Crippen LogP contribution in [0.15, 0.2) is 48.0 Å². The lowest BCUT2D eigenvalue weighted by Gasteiger charge is -2.13. The highest BCUT2D eigenvalue weighted by Gasteiger charge is 2.21. The standard InChI is InChI=1S/C20H16F2N2O3/c1-12-3-5-14(6-4-12)9-15(11-23)20(26)27-13(2)19(25)24-18-8-7-16(21)10-17(18)22/h3-10,13H,1-2H3,(H,24,25)/b15-9+/t13-/m0/s1. The number of hydrogen-bond donors (Lipinski definition) is 1. The van der Waals surface area contributed by atoms with Gasteiger partial charge in [-0.15, -0.1) is 0 Å². The number of anilines is 1. The highest BCUT2D eigenvalue weighted by Crippen LogP contribution is 2.16. The second-order valence-electron chi connectivity index (χ2n) is 5.74. The van der Waals surface area contributed by atoms with Gasteiger partial charge < -0.3 is 10.1 Å². The van der Waals surface area contributed by atoms with Crippen molar-refractivity contribution in [3.8, 4) is 6.07 Å². The van der Waals surface area contributed by atoms with Crippen molar-refractivity contribution in [2.45, 2.75) is 20.0 Å². The summed E-state index contributed by atoms with van der Waals surface area (Å²) in [7, 11) is 0. The van der Waals surface area contributed by atoms with Crippen LogP contribution in [0.3, 0.4) is 0 Å². The second kappa shape index (κ2) is 8.72. The van der Waals surface area contributed by atoms with Gasteiger partial charge in [-0.05, 0) is 37.6 Å². The first-order valence-corrected chi connectivity index (χ1v) is 7.95. The smallest absolute Gasteiger partial charge is 0.349 e. The van der Waals surface area contributed by atoms with E-state index in [0.717, 1.165) is 17.7 Å². The van der Waals surface area contributed by atoms with Crippen LogP contribution in [-0.2, 0) is 14.3 Å². The quantitative estimate of drug-likeness (QED) is 0.494. The van der Waals surface area contributed by atoms with Crippen molar-refractivity contribution in [2.24, 2.45) is 0 Å². The molecule has 2 rings (SSSR count). The van der Waals surface area contributed by atoms with E-state index in [1.54, 1.807) is 18.2 Å². The van der Waals surface area contributed by atoms with E-state index >= 15 is 0 Å². The van der Waals surface area contributed by atoms with Gasteiger partial charge in [0.25, 0.3) is 5.91 Å². The maximum absolute atomic E-state index is 13.6. The summed E-state index contributed by atoms with van der Waals surface area (Å²) in [6.07, 6.45) is 0.0446. The third kappa shape index (κ3) is 5.47. The number of benzene rings is 2. The second-order valence-corrected chi connectivity index (χ2v) is 5.74. The number of carbonyl (C=O) groups excluding carboxylic acids is 2. The minimum atomic E-state index is -1.29. The number of esters is 1. The van der Waals surface area contributed by atoms with Crippen LogP contribution in [0.1, 0.15) is 18.1 Å². The van der Waals surface area contributed by atoms with E-state index in [9.17, 15) is 18.4 Å². The van der Waals surface area contributed by atoms with Gasteiger partial charge in [-0.25, -0.2) is 13.6 Å². The van der Waals surface area contributed by atoms with Gasteiger partial charge in [-0.2, -0.15) is 5.26 Å². The highest BCUT2D eigenvalue weighted by molar-refractivity contribution is 6.01. The summed E-state index contributed by atoms with van der Waals surface area (Å²) in [5.74, 6) is -3.55. The molecule has 0 unspecified atom stereocenters. The lowest BCUT2D eigenvalue weighted by molar-refractivity contribution is -0.148. The average molecular weight is 370 g/mol. The van der Waals surface area contributed by atoms with Crippen molar-refractivity contribution in [2.75, 3.05) is 5.32 Å². The Bertz CT molecular complexity index is 931. The molecule has 0 saturated carbocycles. The van der Waals surface area contributed by atoms with Gasteiger partial charge in [0.15, 0.2) is 6.10 Å². The summed E-state index contributed by atoms with van der Waals surface area (Å²) < 4.78 is 31.4. The fourth-order valence-corrected chi connectivity index (χ4v) is 2.07. The number of aryl methyl sites for hydroxylation is 1. The molecule has 5 nitrogen and oxygen atoms in total. The maximum atomic E-state index is 13.6. The molecule has 0 fully saturated rings. The Hall–Kier alpha value is -3.53. The van der Waals surface area contributed by atoms with Crippen molar-refractivity contribution in [1.29, 1.82) is 5.26 Å². The third-order valence-electron chi connectivity index (χ3n) is 3.57. The van der Waals surface area contributed by atoms with Crippen molar-refractivity contribution >= 4 is 23.6 Å². The molecule has 1 N–H and O–H groups in total. The zero-order chi connectivity index (χ0) is 20.0. The number of carbonyl (C=O) groups is 2. The molecule has 0 radical (unpaired) electrons. The predicted octanol–water partition coefficient (Wildman–Crippen LogP) is 3.75. The van der Waals surface area contributed by atoms with Crippen LogP contribution >= 0.6 is 0 Å². The van der Waals surface area contributed by atoms with Gasteiger partial charge >= 0.3 is 5.97 Å². The van der Waals surface area contributed by atoms with Gasteiger partial charge in [-0.1, -0.05) is 29.8 Å². The Morgan fingerprint density at radius 2 is 1.85 bits per heavy atom. The molecule has 1 atom stereocenters. The van der Waals surface area contributed by atoms with Crippen molar-refractivity contribution in [3.63, 3.8) is 0 Å². The predicted molar refractivity (Wildman–Crippen MR) is 95.3 cm³/mol. The summed E-state index contributed by atoms with van der Waals surface area (Å²) in [4.78, 5) is 24.1. The third-order valence-corrected chi connectivity index (χ3v) is 3.57. The topological polar surface area (TPSA) is 79.2 Å². The molecule has 0 aromatic heterocycles. The van der Waals surface area contributed by atoms with Crippen molar-refractivity contribution in [3.05, 3.63) is 70.8 Å². The number of amides is 1. The Morgan fingerprint density at radius 1 is 1.19 bits per heavy atom. The van der Waals surface area contributed by atoms with E-state index in [1.165, 1.54) is 13.0 Å². The van der Waals surface area contributed by atoms with Gasteiger partial charge in [0.2, 0.25) is 0 Å². The molecule has 0 aliphatic carbocycles. The van der Waals surface area contributed by atoms with Crippen LogP contribution in [0.5, 0.6) is 0 Å². The molecule has 7 heteroatoms. The zero-order valence-electron chi connectivity index (χ0n) is 14.6. The zero-order valence-corrected chi connectivity index (χ0v) is 14.6. The maximum Gasteiger partial charge on any atom is 0.349 e. The monoisotopic (exact) mass is 370 g/mol. The number of nitrogens with zero attached hydrogens (tertiary/aromatic N) is 1. The highest BCUT2D eigenvalue weighted by atomic mass is 19.1. The summed E-state index contributed by atoms with van der Waals surface area (Å²) >= 11 is 0. The molecule has 0 spiro atoms. The molecule has 0 heterocycles. The van der Waals surface area contributed by atoms with E-state index in [2.05, 4.69) is 5.32 Å². The Balaban J connectivity index is 2.05. The Morgan fingerprint density at radius 3 is 2.44 bits per heavy atom. The van der Waals surface area contributed by atoms with E-state index in [0.29, 0.717) is 11.6 Å². The van der Waals surface area contributed by atoms with Crippen LogP contribution < -0.4 is 5.32 Å². The van der Waals surface area contributed by atoms with Gasteiger partial charge in [-0.3, -0.25) is 4.79 Å². The summed E-state index contributed by atoms with van der Waals surface area (Å²) in [6, 6.07) is 11.5. The first kappa shape index (κ1) is 19.8. The lowest BCUT2D eigenvalue weighted by atomic mass is 10.1. The van der Waals surface area contributed by atoms with Gasteiger partial charge in [0.05, 0.1) is 5.69 Å². The fraction of sp³-hybridized carbons (Fsp3) is 0.150. The number of nitrogens with one attached hydrogen (secondary N) is 1. The molecule has 27 heavy (non-hydrogen) atoms. The molecule has 0 saturated heterocycles. The molecule has 2 aromatic carbocycles. The number of rotatable bonds is 5. The van der Waals surface area contributed by atoms with Gasteiger partial charge in [0.1, 0.15) is 23.3 Å². The SMILES string of the molecule is Cc1ccc(/C=C(\C#N)C(=O)O[C@@H](C)C(=O)Nc2ccc(F)cc2F)cc1. The van der Waals surface area contributed by atoms with Crippen molar-refractivity contribution < 1.29 is 23.1 Å². The number of ether oxygens (including phenoxy) is 1. The van der Waals surface area contributed by atoms with Crippen LogP contribution in [0, 0.1) is 29.9 Å². The van der Waals surface area contributed by atoms with Crippen LogP contribution in [0.4, 0.5) is 14.5 Å². The fourth-order valence-electron chi connectivity index (χ4n) is 2.07. The van der Waals surface area contributed by atoms with E-state index in [4.69, 9.17) is 10.00 Å². The first-order chi connectivity index (χ1) is 12.8. The Kier molecular flexibility index (Phi) is 6.39. The number of halogens is 2. The molecular formula is C20H16F2N2O3. The van der Waals surface area contributed by atoms with Crippen molar-refractivity contribution in [1.82, 2.24) is 0 Å². The largest absolute Gasteiger partial charge is 0.448 e. The lowest BCUT2D eigenvalue weighted by Crippen LogP contribution is -2.30. The molecule has 2 aromatic rings. The first-order valence-electron chi connectivity index (χ1n) is 7.95. The normalized spacial score (nSPS) is 12.0. The molecule has 1 amide bonds. The molecule has 0 aliphatic rings. The van der Waals surface area contributed by atoms with Crippen LogP contribution in [0.25, 0.3) is 6.08 Å². The molecule has 0 aliphatic heterocycles. The van der Waals surface area contributed by atoms with E-state index < -0.39 is 29.6 Å².